The number of rotatable bonds is 5. The highest BCUT2D eigenvalue weighted by Gasteiger charge is 2.19. The number of nitrogens with zero attached hydrogens (tertiary/aromatic N) is 2. The zero-order valence-electron chi connectivity index (χ0n) is 13.1. The molecule has 0 atom stereocenters. The zero-order valence-corrected chi connectivity index (χ0v) is 13.1. The Labute approximate surface area is 125 Å². The fourth-order valence-electron chi connectivity index (χ4n) is 2.50. The lowest BCUT2D eigenvalue weighted by Crippen LogP contribution is -2.07. The van der Waals surface area contributed by atoms with Gasteiger partial charge in [-0.3, -0.25) is 4.68 Å². The van der Waals surface area contributed by atoms with Crippen molar-refractivity contribution in [1.82, 2.24) is 9.78 Å². The lowest BCUT2D eigenvalue weighted by molar-refractivity contribution is 0.0697. The molecule has 1 heterocycles. The Kier molecular flexibility index (Phi) is 4.46. The molecule has 1 aromatic heterocycles. The van der Waals surface area contributed by atoms with Gasteiger partial charge in [-0.2, -0.15) is 5.10 Å². The van der Waals surface area contributed by atoms with Crippen molar-refractivity contribution in [3.05, 3.63) is 41.1 Å². The van der Waals surface area contributed by atoms with Crippen LogP contribution in [0.3, 0.4) is 0 Å². The Bertz CT molecular complexity index is 655. The molecule has 4 nitrogen and oxygen atoms in total. The van der Waals surface area contributed by atoms with Crippen molar-refractivity contribution in [3.8, 4) is 11.3 Å². The van der Waals surface area contributed by atoms with Gasteiger partial charge in [0.25, 0.3) is 0 Å². The Morgan fingerprint density at radius 3 is 2.43 bits per heavy atom. The quantitative estimate of drug-likeness (QED) is 0.895. The summed E-state index contributed by atoms with van der Waals surface area (Å²) in [5, 5.41) is 14.0. The third-order valence-electron chi connectivity index (χ3n) is 4.06. The van der Waals surface area contributed by atoms with E-state index < -0.39 is 5.97 Å². The van der Waals surface area contributed by atoms with Crippen LogP contribution in [0.2, 0.25) is 0 Å². The largest absolute Gasteiger partial charge is 0.478 e. The summed E-state index contributed by atoms with van der Waals surface area (Å²) in [5.41, 5.74) is 4.01. The standard InChI is InChI=1S/C17H22N2O2/c1-5-14(6-2)19-10-15(17(20)21)16(18-19)13-8-7-11(3)12(4)9-13/h7-10,14H,5-6H2,1-4H3,(H,20,21). The Balaban J connectivity index is 2.55. The first-order valence-electron chi connectivity index (χ1n) is 7.38. The van der Waals surface area contributed by atoms with Gasteiger partial charge >= 0.3 is 5.97 Å². The lowest BCUT2D eigenvalue weighted by Gasteiger charge is -2.12. The van der Waals surface area contributed by atoms with Gasteiger partial charge < -0.3 is 5.11 Å². The molecule has 1 aromatic carbocycles. The lowest BCUT2D eigenvalue weighted by atomic mass is 10.0. The van der Waals surface area contributed by atoms with E-state index >= 15 is 0 Å². The predicted octanol–water partition coefficient (Wildman–Crippen LogP) is 4.23. The molecule has 0 aliphatic carbocycles. The fourth-order valence-corrected chi connectivity index (χ4v) is 2.50. The summed E-state index contributed by atoms with van der Waals surface area (Å²) >= 11 is 0. The molecule has 4 heteroatoms. The molecular weight excluding hydrogens is 264 g/mol. The highest BCUT2D eigenvalue weighted by Crippen LogP contribution is 2.27. The van der Waals surface area contributed by atoms with Crippen LogP contribution in [0.4, 0.5) is 0 Å². The number of aromatic nitrogens is 2. The van der Waals surface area contributed by atoms with Crippen molar-refractivity contribution in [1.29, 1.82) is 0 Å². The second-order valence-electron chi connectivity index (χ2n) is 5.45. The first-order valence-corrected chi connectivity index (χ1v) is 7.38. The Morgan fingerprint density at radius 2 is 1.90 bits per heavy atom. The van der Waals surface area contributed by atoms with Gasteiger partial charge in [0.15, 0.2) is 0 Å². The van der Waals surface area contributed by atoms with Crippen molar-refractivity contribution in [2.45, 2.75) is 46.6 Å². The van der Waals surface area contributed by atoms with Gasteiger partial charge in [-0.1, -0.05) is 26.0 Å². The van der Waals surface area contributed by atoms with E-state index in [1.54, 1.807) is 10.9 Å². The number of hydrogen-bond acceptors (Lipinski definition) is 2. The van der Waals surface area contributed by atoms with Gasteiger partial charge in [0.2, 0.25) is 0 Å². The average molecular weight is 286 g/mol. The third kappa shape index (κ3) is 2.99. The van der Waals surface area contributed by atoms with Gasteiger partial charge in [-0.25, -0.2) is 4.79 Å². The highest BCUT2D eigenvalue weighted by molar-refractivity contribution is 5.94. The summed E-state index contributed by atoms with van der Waals surface area (Å²) in [6.07, 6.45) is 3.53. The van der Waals surface area contributed by atoms with Gasteiger partial charge in [0.05, 0.1) is 6.04 Å². The van der Waals surface area contributed by atoms with Crippen LogP contribution in [-0.4, -0.2) is 20.9 Å². The van der Waals surface area contributed by atoms with Gasteiger partial charge in [-0.15, -0.1) is 0 Å². The van der Waals surface area contributed by atoms with Gasteiger partial charge in [0.1, 0.15) is 11.3 Å². The smallest absolute Gasteiger partial charge is 0.339 e. The van der Waals surface area contributed by atoms with Crippen molar-refractivity contribution in [2.24, 2.45) is 0 Å². The third-order valence-corrected chi connectivity index (χ3v) is 4.06. The Morgan fingerprint density at radius 1 is 1.24 bits per heavy atom. The zero-order chi connectivity index (χ0) is 15.6. The second kappa shape index (κ2) is 6.12. The summed E-state index contributed by atoms with van der Waals surface area (Å²) < 4.78 is 1.80. The molecule has 0 aliphatic rings. The van der Waals surface area contributed by atoms with E-state index in [1.165, 1.54) is 5.56 Å². The van der Waals surface area contributed by atoms with E-state index in [9.17, 15) is 9.90 Å². The van der Waals surface area contributed by atoms with Crippen LogP contribution < -0.4 is 0 Å². The van der Waals surface area contributed by atoms with Crippen LogP contribution in [0.25, 0.3) is 11.3 Å². The molecule has 0 fully saturated rings. The molecule has 0 saturated carbocycles. The van der Waals surface area contributed by atoms with E-state index in [0.29, 0.717) is 5.69 Å². The first-order chi connectivity index (χ1) is 9.97. The van der Waals surface area contributed by atoms with Gasteiger partial charge in [-0.05, 0) is 43.9 Å². The highest BCUT2D eigenvalue weighted by atomic mass is 16.4. The van der Waals surface area contributed by atoms with E-state index in [-0.39, 0.29) is 11.6 Å². The van der Waals surface area contributed by atoms with Crippen LogP contribution in [0.5, 0.6) is 0 Å². The number of carboxylic acid groups (broad SMARTS) is 1. The van der Waals surface area contributed by atoms with Crippen molar-refractivity contribution in [2.75, 3.05) is 0 Å². The maximum Gasteiger partial charge on any atom is 0.339 e. The molecule has 112 valence electrons. The topological polar surface area (TPSA) is 55.1 Å². The molecular formula is C17H22N2O2. The molecule has 0 aliphatic heterocycles. The number of carbonyl (C=O) groups is 1. The van der Waals surface area contributed by atoms with E-state index in [4.69, 9.17) is 0 Å². The van der Waals surface area contributed by atoms with E-state index in [0.717, 1.165) is 24.0 Å². The van der Waals surface area contributed by atoms with Crippen LogP contribution in [0, 0.1) is 13.8 Å². The first kappa shape index (κ1) is 15.3. The molecule has 0 unspecified atom stereocenters. The number of carboxylic acids is 1. The normalized spacial score (nSPS) is 11.1. The summed E-state index contributed by atoms with van der Waals surface area (Å²) in [5.74, 6) is -0.930. The van der Waals surface area contributed by atoms with Crippen LogP contribution in [-0.2, 0) is 0 Å². The SMILES string of the molecule is CCC(CC)n1cc(C(=O)O)c(-c2ccc(C)c(C)c2)n1. The minimum Gasteiger partial charge on any atom is -0.478 e. The van der Waals surface area contributed by atoms with Crippen molar-refractivity contribution < 1.29 is 9.90 Å². The van der Waals surface area contributed by atoms with Crippen LogP contribution >= 0.6 is 0 Å². The predicted molar refractivity (Wildman–Crippen MR) is 83.7 cm³/mol. The summed E-state index contributed by atoms with van der Waals surface area (Å²) in [6, 6.07) is 6.19. The summed E-state index contributed by atoms with van der Waals surface area (Å²) in [4.78, 5) is 11.5. The average Bonchev–Trinajstić information content (AvgIpc) is 2.88. The second-order valence-corrected chi connectivity index (χ2v) is 5.45. The van der Waals surface area contributed by atoms with Crippen LogP contribution in [0.15, 0.2) is 24.4 Å². The minimum atomic E-state index is -0.930. The fraction of sp³-hybridized carbons (Fsp3) is 0.412. The van der Waals surface area contributed by atoms with Gasteiger partial charge in [0, 0.05) is 11.8 Å². The molecule has 0 amide bonds. The number of benzene rings is 1. The summed E-state index contributed by atoms with van der Waals surface area (Å²) in [6.45, 7) is 8.25. The molecule has 21 heavy (non-hydrogen) atoms. The van der Waals surface area contributed by atoms with Crippen molar-refractivity contribution >= 4 is 5.97 Å². The maximum absolute atomic E-state index is 11.5. The van der Waals surface area contributed by atoms with Crippen LogP contribution in [0.1, 0.15) is 54.2 Å². The molecule has 0 spiro atoms. The molecule has 2 aromatic rings. The number of aryl methyl sites for hydroxylation is 2. The molecule has 2 rings (SSSR count). The number of aromatic carboxylic acids is 1. The molecule has 0 bridgehead atoms. The minimum absolute atomic E-state index is 0.239. The van der Waals surface area contributed by atoms with E-state index in [2.05, 4.69) is 18.9 Å². The van der Waals surface area contributed by atoms with E-state index in [1.807, 2.05) is 32.0 Å². The monoisotopic (exact) mass is 286 g/mol. The molecule has 0 saturated heterocycles. The summed E-state index contributed by atoms with van der Waals surface area (Å²) in [7, 11) is 0. The number of hydrogen-bond donors (Lipinski definition) is 1. The molecule has 1 N–H and O–H groups in total. The van der Waals surface area contributed by atoms with Crippen molar-refractivity contribution in [3.63, 3.8) is 0 Å². The molecule has 0 radical (unpaired) electrons. The maximum atomic E-state index is 11.5. The Hall–Kier alpha value is -2.10.